The van der Waals surface area contributed by atoms with E-state index in [0.717, 1.165) is 61.9 Å². The van der Waals surface area contributed by atoms with Gasteiger partial charge < -0.3 is 19.3 Å². The van der Waals surface area contributed by atoms with Gasteiger partial charge in [0.1, 0.15) is 10.8 Å². The smallest absolute Gasteiger partial charge is 0.341 e. The highest BCUT2D eigenvalue weighted by Gasteiger charge is 2.31. The van der Waals surface area contributed by atoms with Gasteiger partial charge in [0.25, 0.3) is 0 Å². The van der Waals surface area contributed by atoms with Crippen LogP contribution in [-0.4, -0.2) is 54.2 Å². The zero-order valence-electron chi connectivity index (χ0n) is 20.5. The lowest BCUT2D eigenvalue weighted by molar-refractivity contribution is -0.121. The molecule has 1 N–H and O–H groups in total. The summed E-state index contributed by atoms with van der Waals surface area (Å²) < 4.78 is 15.7. The highest BCUT2D eigenvalue weighted by Crippen LogP contribution is 2.39. The monoisotopic (exact) mass is 510 g/mol. The molecule has 9 nitrogen and oxygen atoms in total. The van der Waals surface area contributed by atoms with Crippen molar-refractivity contribution in [3.63, 3.8) is 0 Å². The van der Waals surface area contributed by atoms with E-state index >= 15 is 0 Å². The normalized spacial score (nSPS) is 17.9. The molecule has 1 aliphatic carbocycles. The van der Waals surface area contributed by atoms with E-state index in [4.69, 9.17) is 14.0 Å². The van der Waals surface area contributed by atoms with Crippen LogP contribution >= 0.6 is 11.3 Å². The van der Waals surface area contributed by atoms with Crippen molar-refractivity contribution in [2.24, 2.45) is 5.92 Å². The first-order valence-electron chi connectivity index (χ1n) is 12.3. The molecule has 0 spiro atoms. The van der Waals surface area contributed by atoms with Crippen LogP contribution in [0.25, 0.3) is 11.4 Å². The second-order valence-electron chi connectivity index (χ2n) is 9.21. The minimum Gasteiger partial charge on any atom is -0.497 e. The number of nitrogens with one attached hydrogen (secondary N) is 1. The highest BCUT2D eigenvalue weighted by molar-refractivity contribution is 7.17. The number of benzene rings is 1. The molecule has 2 aliphatic rings. The molecule has 10 heteroatoms. The second kappa shape index (κ2) is 10.8. The van der Waals surface area contributed by atoms with E-state index in [-0.39, 0.29) is 17.8 Å². The quantitative estimate of drug-likeness (QED) is 0.468. The van der Waals surface area contributed by atoms with E-state index in [1.54, 1.807) is 7.11 Å². The number of methoxy groups -OCH3 is 2. The second-order valence-corrected chi connectivity index (χ2v) is 10.3. The fourth-order valence-corrected chi connectivity index (χ4v) is 6.25. The SMILES string of the molecule is COC(=O)c1c(NC(=O)C2CCCN(Cc3nc(-c4ccc(OC)cc4)no3)C2)sc2c1CCCC2. The molecule has 1 fully saturated rings. The van der Waals surface area contributed by atoms with Gasteiger partial charge in [-0.05, 0) is 74.9 Å². The zero-order chi connectivity index (χ0) is 25.1. The van der Waals surface area contributed by atoms with Crippen LogP contribution in [0.1, 0.15) is 52.4 Å². The molecule has 3 aromatic rings. The van der Waals surface area contributed by atoms with Gasteiger partial charge in [-0.2, -0.15) is 4.98 Å². The fourth-order valence-electron chi connectivity index (χ4n) is 4.97. The van der Waals surface area contributed by atoms with Crippen LogP contribution in [0.5, 0.6) is 5.75 Å². The zero-order valence-corrected chi connectivity index (χ0v) is 21.4. The number of hydrogen-bond acceptors (Lipinski definition) is 9. The molecule has 190 valence electrons. The van der Waals surface area contributed by atoms with Crippen molar-refractivity contribution in [3.8, 4) is 17.1 Å². The van der Waals surface area contributed by atoms with Crippen molar-refractivity contribution in [1.82, 2.24) is 15.0 Å². The molecule has 0 saturated carbocycles. The van der Waals surface area contributed by atoms with E-state index in [0.29, 0.717) is 35.4 Å². The molecular formula is C26H30N4O5S. The lowest BCUT2D eigenvalue weighted by Gasteiger charge is -2.30. The topological polar surface area (TPSA) is 107 Å². The van der Waals surface area contributed by atoms with Gasteiger partial charge in [-0.25, -0.2) is 4.79 Å². The third-order valence-electron chi connectivity index (χ3n) is 6.85. The van der Waals surface area contributed by atoms with Gasteiger partial charge >= 0.3 is 5.97 Å². The maximum absolute atomic E-state index is 13.2. The Morgan fingerprint density at radius 1 is 1.17 bits per heavy atom. The van der Waals surface area contributed by atoms with E-state index in [1.807, 2.05) is 24.3 Å². The van der Waals surface area contributed by atoms with Crippen LogP contribution in [0.2, 0.25) is 0 Å². The Balaban J connectivity index is 1.23. The van der Waals surface area contributed by atoms with Gasteiger partial charge in [-0.3, -0.25) is 9.69 Å². The number of nitrogens with zero attached hydrogens (tertiary/aromatic N) is 3. The molecule has 1 aromatic carbocycles. The first-order valence-corrected chi connectivity index (χ1v) is 13.1. The lowest BCUT2D eigenvalue weighted by atomic mass is 9.95. The summed E-state index contributed by atoms with van der Waals surface area (Å²) >= 11 is 1.52. The van der Waals surface area contributed by atoms with Crippen LogP contribution in [0.3, 0.4) is 0 Å². The lowest BCUT2D eigenvalue weighted by Crippen LogP contribution is -2.40. The number of piperidine rings is 1. The third kappa shape index (κ3) is 5.15. The molecule has 1 unspecified atom stereocenters. The van der Waals surface area contributed by atoms with Crippen molar-refractivity contribution in [3.05, 3.63) is 46.2 Å². The van der Waals surface area contributed by atoms with Gasteiger partial charge in [0.05, 0.1) is 32.2 Å². The number of likely N-dealkylation sites (tertiary alicyclic amines) is 1. The molecule has 36 heavy (non-hydrogen) atoms. The van der Waals surface area contributed by atoms with E-state index < -0.39 is 0 Å². The fraction of sp³-hybridized carbons (Fsp3) is 0.462. The molecule has 1 saturated heterocycles. The molecular weight excluding hydrogens is 480 g/mol. The first kappa shape index (κ1) is 24.5. The number of rotatable bonds is 7. The number of thiophene rings is 1. The average Bonchev–Trinajstić information content (AvgIpc) is 3.52. The summed E-state index contributed by atoms with van der Waals surface area (Å²) in [5.74, 6) is 1.18. The summed E-state index contributed by atoms with van der Waals surface area (Å²) in [6.07, 6.45) is 5.64. The number of esters is 1. The minimum absolute atomic E-state index is 0.0621. The molecule has 0 bridgehead atoms. The van der Waals surface area contributed by atoms with Crippen LogP contribution in [0, 0.1) is 5.92 Å². The summed E-state index contributed by atoms with van der Waals surface area (Å²) in [6.45, 7) is 1.92. The predicted molar refractivity (Wildman–Crippen MR) is 135 cm³/mol. The highest BCUT2D eigenvalue weighted by atomic mass is 32.1. The maximum atomic E-state index is 13.2. The van der Waals surface area contributed by atoms with Crippen molar-refractivity contribution >= 4 is 28.2 Å². The number of fused-ring (bicyclic) bond motifs is 1. The van der Waals surface area contributed by atoms with Gasteiger partial charge in [0.15, 0.2) is 0 Å². The summed E-state index contributed by atoms with van der Waals surface area (Å²) in [5, 5.41) is 7.79. The molecule has 3 heterocycles. The number of carbonyl (C=O) groups excluding carboxylic acids is 2. The van der Waals surface area contributed by atoms with Crippen molar-refractivity contribution < 1.29 is 23.6 Å². The van der Waals surface area contributed by atoms with Crippen molar-refractivity contribution in [2.45, 2.75) is 45.1 Å². The van der Waals surface area contributed by atoms with E-state index in [9.17, 15) is 9.59 Å². The average molecular weight is 511 g/mol. The van der Waals surface area contributed by atoms with Gasteiger partial charge in [-0.15, -0.1) is 11.3 Å². The number of aromatic nitrogens is 2. The summed E-state index contributed by atoms with van der Waals surface area (Å²) in [5.41, 5.74) is 2.43. The number of carbonyl (C=O) groups is 2. The molecule has 2 aromatic heterocycles. The number of ether oxygens (including phenoxy) is 2. The molecule has 5 rings (SSSR count). The van der Waals surface area contributed by atoms with Gasteiger partial charge in [-0.1, -0.05) is 5.16 Å². The summed E-state index contributed by atoms with van der Waals surface area (Å²) in [7, 11) is 3.01. The third-order valence-corrected chi connectivity index (χ3v) is 8.06. The standard InChI is InChI=1S/C26H30N4O5S/c1-33-18-11-9-16(10-12-18)23-27-21(35-29-23)15-30-13-5-6-17(14-30)24(31)28-25-22(26(32)34-2)19-7-3-4-8-20(19)36-25/h9-12,17H,3-8,13-15H2,1-2H3,(H,28,31). The van der Waals surface area contributed by atoms with Gasteiger partial charge in [0, 0.05) is 17.0 Å². The molecule has 0 radical (unpaired) electrons. The Kier molecular flexibility index (Phi) is 7.33. The van der Waals surface area contributed by atoms with Crippen LogP contribution in [0.4, 0.5) is 5.00 Å². The Labute approximate surface area is 213 Å². The Morgan fingerprint density at radius 3 is 2.75 bits per heavy atom. The molecule has 1 atom stereocenters. The Morgan fingerprint density at radius 2 is 1.97 bits per heavy atom. The van der Waals surface area contributed by atoms with Crippen molar-refractivity contribution in [1.29, 1.82) is 0 Å². The van der Waals surface area contributed by atoms with Gasteiger partial charge in [0.2, 0.25) is 17.6 Å². The summed E-state index contributed by atoms with van der Waals surface area (Å²) in [6, 6.07) is 7.49. The largest absolute Gasteiger partial charge is 0.497 e. The number of hydrogen-bond donors (Lipinski definition) is 1. The predicted octanol–water partition coefficient (Wildman–Crippen LogP) is 4.32. The molecule has 1 aliphatic heterocycles. The first-order chi connectivity index (χ1) is 17.6. The van der Waals surface area contributed by atoms with Crippen LogP contribution in [-0.2, 0) is 28.9 Å². The number of aryl methyl sites for hydroxylation is 1. The van der Waals surface area contributed by atoms with Crippen LogP contribution < -0.4 is 10.1 Å². The minimum atomic E-state index is -0.376. The van der Waals surface area contributed by atoms with Crippen LogP contribution in [0.15, 0.2) is 28.8 Å². The van der Waals surface area contributed by atoms with E-state index in [2.05, 4.69) is 20.4 Å². The van der Waals surface area contributed by atoms with E-state index in [1.165, 1.54) is 23.3 Å². The maximum Gasteiger partial charge on any atom is 0.341 e. The summed E-state index contributed by atoms with van der Waals surface area (Å²) in [4.78, 5) is 33.6. The van der Waals surface area contributed by atoms with Crippen molar-refractivity contribution in [2.75, 3.05) is 32.6 Å². The Bertz CT molecular complexity index is 1240. The number of amides is 1. The Hall–Kier alpha value is -3.24. The number of anilines is 1. The molecule has 1 amide bonds.